The Morgan fingerprint density at radius 2 is 1.44 bits per heavy atom. The Morgan fingerprint density at radius 3 is 1.89 bits per heavy atom. The maximum Gasteiger partial charge on any atom is 0.0751 e. The van der Waals surface area contributed by atoms with Crippen molar-refractivity contribution in [3.63, 3.8) is 0 Å². The van der Waals surface area contributed by atoms with Crippen molar-refractivity contribution in [2.45, 2.75) is 19.4 Å². The third-order valence-electron chi connectivity index (χ3n) is 2.20. The summed E-state index contributed by atoms with van der Waals surface area (Å²) in [4.78, 5) is 0. The van der Waals surface area contributed by atoms with Gasteiger partial charge in [0.05, 0.1) is 59.0 Å². The highest BCUT2D eigenvalue weighted by molar-refractivity contribution is 4.78. The van der Waals surface area contributed by atoms with Crippen molar-refractivity contribution in [2.75, 3.05) is 52.9 Å². The van der Waals surface area contributed by atoms with Crippen LogP contribution in [0.4, 0.5) is 0 Å². The molecule has 0 heterocycles. The summed E-state index contributed by atoms with van der Waals surface area (Å²) in [6.07, 6.45) is 2.85. The van der Waals surface area contributed by atoms with Gasteiger partial charge in [-0.25, -0.2) is 0 Å². The molecule has 108 valence electrons. The van der Waals surface area contributed by atoms with Crippen molar-refractivity contribution in [1.82, 2.24) is 0 Å². The molecule has 1 N–H and O–H groups in total. The van der Waals surface area contributed by atoms with E-state index in [0.29, 0.717) is 46.2 Å². The number of hydrogen-bond acceptors (Lipinski definition) is 5. The second kappa shape index (κ2) is 14.6. The van der Waals surface area contributed by atoms with Crippen LogP contribution < -0.4 is 0 Å². The summed E-state index contributed by atoms with van der Waals surface area (Å²) in [6.45, 7) is 9.41. The van der Waals surface area contributed by atoms with Crippen LogP contribution in [0, 0.1) is 0 Å². The highest BCUT2D eigenvalue weighted by Crippen LogP contribution is 1.97. The van der Waals surface area contributed by atoms with E-state index in [9.17, 15) is 0 Å². The van der Waals surface area contributed by atoms with Crippen molar-refractivity contribution in [3.8, 4) is 0 Å². The van der Waals surface area contributed by atoms with Gasteiger partial charge in [-0.3, -0.25) is 0 Å². The molecular weight excluding hydrogens is 236 g/mol. The van der Waals surface area contributed by atoms with Crippen LogP contribution in [-0.2, 0) is 18.9 Å². The minimum atomic E-state index is 0.0482. The van der Waals surface area contributed by atoms with Gasteiger partial charge in [-0.1, -0.05) is 13.0 Å². The number of aliphatic hydroxyl groups is 1. The first-order valence-corrected chi connectivity index (χ1v) is 6.43. The molecule has 0 aromatic rings. The van der Waals surface area contributed by atoms with E-state index in [1.54, 1.807) is 6.08 Å². The van der Waals surface area contributed by atoms with Crippen LogP contribution in [-0.4, -0.2) is 64.1 Å². The van der Waals surface area contributed by atoms with E-state index in [1.807, 2.05) is 0 Å². The van der Waals surface area contributed by atoms with E-state index in [-0.39, 0.29) is 12.7 Å². The molecule has 0 amide bonds. The quantitative estimate of drug-likeness (QED) is 0.374. The van der Waals surface area contributed by atoms with Gasteiger partial charge in [0.15, 0.2) is 0 Å². The summed E-state index contributed by atoms with van der Waals surface area (Å²) in [7, 11) is 0. The molecule has 5 nitrogen and oxygen atoms in total. The molecule has 0 radical (unpaired) electrons. The van der Waals surface area contributed by atoms with Gasteiger partial charge in [0, 0.05) is 0 Å². The smallest absolute Gasteiger partial charge is 0.0751 e. The molecule has 0 spiro atoms. The van der Waals surface area contributed by atoms with Gasteiger partial charge < -0.3 is 24.1 Å². The van der Waals surface area contributed by atoms with Crippen molar-refractivity contribution in [3.05, 3.63) is 12.7 Å². The van der Waals surface area contributed by atoms with Crippen molar-refractivity contribution < 1.29 is 24.1 Å². The summed E-state index contributed by atoms with van der Waals surface area (Å²) in [6, 6.07) is 0. The van der Waals surface area contributed by atoms with Crippen LogP contribution in [0.3, 0.4) is 0 Å². The van der Waals surface area contributed by atoms with Crippen molar-refractivity contribution in [2.24, 2.45) is 0 Å². The normalized spacial score (nSPS) is 12.6. The molecular formula is C13H26O5. The first kappa shape index (κ1) is 17.5. The zero-order chi connectivity index (χ0) is 13.5. The minimum Gasteiger partial charge on any atom is -0.394 e. The second-order valence-corrected chi connectivity index (χ2v) is 3.61. The molecule has 0 rings (SSSR count). The molecule has 0 aromatic carbocycles. The van der Waals surface area contributed by atoms with Gasteiger partial charge in [0.2, 0.25) is 0 Å². The summed E-state index contributed by atoms with van der Waals surface area (Å²) in [5.74, 6) is 0. The van der Waals surface area contributed by atoms with E-state index in [2.05, 4.69) is 13.5 Å². The van der Waals surface area contributed by atoms with Gasteiger partial charge in [-0.05, 0) is 6.42 Å². The van der Waals surface area contributed by atoms with Crippen molar-refractivity contribution in [1.29, 1.82) is 0 Å². The highest BCUT2D eigenvalue weighted by atomic mass is 16.6. The standard InChI is InChI=1S/C13H26O5/c1-3-13(4-2)18-12-11-17-10-9-16-8-7-15-6-5-14/h3,13-14H,1,4-12H2,2H3. The average Bonchev–Trinajstić information content (AvgIpc) is 2.40. The monoisotopic (exact) mass is 262 g/mol. The Bertz CT molecular complexity index is 175. The maximum atomic E-state index is 8.46. The molecule has 1 atom stereocenters. The molecule has 5 heteroatoms. The lowest BCUT2D eigenvalue weighted by Gasteiger charge is -2.11. The molecule has 18 heavy (non-hydrogen) atoms. The zero-order valence-electron chi connectivity index (χ0n) is 11.3. The summed E-state index contributed by atoms with van der Waals surface area (Å²) >= 11 is 0. The predicted octanol–water partition coefficient (Wildman–Crippen LogP) is 1.01. The molecule has 0 bridgehead atoms. The Labute approximate surface area is 110 Å². The fourth-order valence-electron chi connectivity index (χ4n) is 1.22. The Morgan fingerprint density at radius 1 is 0.944 bits per heavy atom. The molecule has 0 aliphatic rings. The third kappa shape index (κ3) is 12.0. The van der Waals surface area contributed by atoms with E-state index >= 15 is 0 Å². The first-order chi connectivity index (χ1) is 8.85. The molecule has 0 aliphatic carbocycles. The van der Waals surface area contributed by atoms with Crippen LogP contribution in [0.15, 0.2) is 12.7 Å². The second-order valence-electron chi connectivity index (χ2n) is 3.61. The van der Waals surface area contributed by atoms with Crippen LogP contribution in [0.2, 0.25) is 0 Å². The fraction of sp³-hybridized carbons (Fsp3) is 0.846. The largest absolute Gasteiger partial charge is 0.394 e. The Kier molecular flexibility index (Phi) is 14.2. The van der Waals surface area contributed by atoms with Gasteiger partial charge in [-0.2, -0.15) is 0 Å². The number of hydrogen-bond donors (Lipinski definition) is 1. The first-order valence-electron chi connectivity index (χ1n) is 6.43. The van der Waals surface area contributed by atoms with Crippen LogP contribution in [0.5, 0.6) is 0 Å². The SMILES string of the molecule is C=CC(CC)OCCOCCOCCOCCO. The number of ether oxygens (including phenoxy) is 4. The van der Waals surface area contributed by atoms with Crippen LogP contribution in [0.1, 0.15) is 13.3 Å². The van der Waals surface area contributed by atoms with E-state index in [1.165, 1.54) is 0 Å². The van der Waals surface area contributed by atoms with Crippen LogP contribution in [0.25, 0.3) is 0 Å². The molecule has 0 saturated carbocycles. The predicted molar refractivity (Wildman–Crippen MR) is 69.8 cm³/mol. The lowest BCUT2D eigenvalue weighted by molar-refractivity contribution is -0.0130. The van der Waals surface area contributed by atoms with Crippen LogP contribution >= 0.6 is 0 Å². The summed E-state index contributed by atoms with van der Waals surface area (Å²) < 4.78 is 21.1. The summed E-state index contributed by atoms with van der Waals surface area (Å²) in [5.41, 5.74) is 0. The third-order valence-corrected chi connectivity index (χ3v) is 2.20. The van der Waals surface area contributed by atoms with Gasteiger partial charge in [0.25, 0.3) is 0 Å². The van der Waals surface area contributed by atoms with E-state index < -0.39 is 0 Å². The Balaban J connectivity index is 3.05. The zero-order valence-corrected chi connectivity index (χ0v) is 11.3. The Hall–Kier alpha value is -0.460. The number of aliphatic hydroxyl groups excluding tert-OH is 1. The van der Waals surface area contributed by atoms with Gasteiger partial charge in [0.1, 0.15) is 0 Å². The maximum absolute atomic E-state index is 8.46. The van der Waals surface area contributed by atoms with E-state index in [0.717, 1.165) is 6.42 Å². The highest BCUT2D eigenvalue weighted by Gasteiger charge is 1.99. The molecule has 0 saturated heterocycles. The molecule has 0 aromatic heterocycles. The lowest BCUT2D eigenvalue weighted by Crippen LogP contribution is -2.15. The van der Waals surface area contributed by atoms with E-state index in [4.69, 9.17) is 24.1 Å². The summed E-state index contributed by atoms with van der Waals surface area (Å²) in [5, 5.41) is 8.46. The molecule has 0 aliphatic heterocycles. The fourth-order valence-corrected chi connectivity index (χ4v) is 1.22. The average molecular weight is 262 g/mol. The molecule has 0 fully saturated rings. The topological polar surface area (TPSA) is 57.2 Å². The van der Waals surface area contributed by atoms with Gasteiger partial charge >= 0.3 is 0 Å². The van der Waals surface area contributed by atoms with Gasteiger partial charge in [-0.15, -0.1) is 6.58 Å². The number of rotatable bonds is 14. The minimum absolute atomic E-state index is 0.0482. The van der Waals surface area contributed by atoms with Crippen molar-refractivity contribution >= 4 is 0 Å². The molecule has 1 unspecified atom stereocenters. The lowest BCUT2D eigenvalue weighted by atomic mass is 10.3.